The fourth-order valence-electron chi connectivity index (χ4n) is 3.58. The fraction of sp³-hybridized carbons (Fsp3) is 0.364. The number of aryl methyl sites for hydroxylation is 1. The topological polar surface area (TPSA) is 66.8 Å². The molecule has 1 aliphatic rings. The Hall–Kier alpha value is -2.82. The van der Waals surface area contributed by atoms with Crippen LogP contribution in [0.25, 0.3) is 0 Å². The SMILES string of the molecule is Cc1ccccc1OCCCC(=O)N1C[C@H](C(=O)O)[C@H](c2ccccc2)C1. The number of carbonyl (C=O) groups is 2. The number of ether oxygens (including phenoxy) is 1. The largest absolute Gasteiger partial charge is 0.493 e. The van der Waals surface area contributed by atoms with E-state index in [1.807, 2.05) is 61.5 Å². The molecular weight excluding hydrogens is 342 g/mol. The Morgan fingerprint density at radius 3 is 2.48 bits per heavy atom. The van der Waals surface area contributed by atoms with Gasteiger partial charge in [0.2, 0.25) is 5.91 Å². The van der Waals surface area contributed by atoms with Gasteiger partial charge in [-0.05, 0) is 30.5 Å². The smallest absolute Gasteiger partial charge is 0.308 e. The Balaban J connectivity index is 1.53. The zero-order valence-corrected chi connectivity index (χ0v) is 15.5. The number of likely N-dealkylation sites (tertiary alicyclic amines) is 1. The third-order valence-corrected chi connectivity index (χ3v) is 5.10. The third kappa shape index (κ3) is 4.67. The van der Waals surface area contributed by atoms with Gasteiger partial charge in [0.15, 0.2) is 0 Å². The van der Waals surface area contributed by atoms with E-state index in [1.165, 1.54) is 0 Å². The molecule has 1 saturated heterocycles. The first-order valence-corrected chi connectivity index (χ1v) is 9.30. The maximum atomic E-state index is 12.5. The summed E-state index contributed by atoms with van der Waals surface area (Å²) in [5, 5.41) is 9.55. The second kappa shape index (κ2) is 8.71. The Bertz CT molecular complexity index is 790. The molecule has 0 aliphatic carbocycles. The highest BCUT2D eigenvalue weighted by atomic mass is 16.5. The number of amides is 1. The summed E-state index contributed by atoms with van der Waals surface area (Å²) >= 11 is 0. The van der Waals surface area contributed by atoms with Gasteiger partial charge in [0.25, 0.3) is 0 Å². The van der Waals surface area contributed by atoms with E-state index < -0.39 is 11.9 Å². The Morgan fingerprint density at radius 1 is 1.07 bits per heavy atom. The van der Waals surface area contributed by atoms with Crippen molar-refractivity contribution in [3.05, 3.63) is 65.7 Å². The lowest BCUT2D eigenvalue weighted by molar-refractivity contribution is -0.141. The van der Waals surface area contributed by atoms with Crippen LogP contribution in [-0.2, 0) is 9.59 Å². The highest BCUT2D eigenvalue weighted by molar-refractivity contribution is 5.79. The van der Waals surface area contributed by atoms with E-state index in [0.29, 0.717) is 26.0 Å². The summed E-state index contributed by atoms with van der Waals surface area (Å²) < 4.78 is 5.73. The molecule has 3 rings (SSSR count). The van der Waals surface area contributed by atoms with Crippen molar-refractivity contribution in [3.8, 4) is 5.75 Å². The molecule has 0 radical (unpaired) electrons. The molecule has 1 heterocycles. The van der Waals surface area contributed by atoms with E-state index in [-0.39, 0.29) is 18.4 Å². The van der Waals surface area contributed by atoms with E-state index in [9.17, 15) is 14.7 Å². The molecule has 27 heavy (non-hydrogen) atoms. The van der Waals surface area contributed by atoms with Crippen molar-refractivity contribution < 1.29 is 19.4 Å². The van der Waals surface area contributed by atoms with Crippen LogP contribution in [0.4, 0.5) is 0 Å². The zero-order valence-electron chi connectivity index (χ0n) is 15.5. The number of rotatable bonds is 7. The van der Waals surface area contributed by atoms with Gasteiger partial charge in [-0.2, -0.15) is 0 Å². The highest BCUT2D eigenvalue weighted by Gasteiger charge is 2.40. The molecule has 142 valence electrons. The number of hydrogen-bond acceptors (Lipinski definition) is 3. The van der Waals surface area contributed by atoms with Crippen molar-refractivity contribution in [1.29, 1.82) is 0 Å². The second-order valence-corrected chi connectivity index (χ2v) is 6.98. The highest BCUT2D eigenvalue weighted by Crippen LogP contribution is 2.33. The molecule has 1 amide bonds. The van der Waals surface area contributed by atoms with Gasteiger partial charge in [-0.1, -0.05) is 48.5 Å². The summed E-state index contributed by atoms with van der Waals surface area (Å²) in [6.07, 6.45) is 0.969. The number of carbonyl (C=O) groups excluding carboxylic acids is 1. The standard InChI is InChI=1S/C22H25NO4/c1-16-8-5-6-11-20(16)27-13-7-12-21(24)23-14-18(19(15-23)22(25)26)17-9-3-2-4-10-17/h2-6,8-11,18-19H,7,12-15H2,1H3,(H,25,26)/t18-,19-/m0/s1. The number of carboxylic acids is 1. The Kier molecular flexibility index (Phi) is 6.12. The third-order valence-electron chi connectivity index (χ3n) is 5.10. The minimum Gasteiger partial charge on any atom is -0.493 e. The van der Waals surface area contributed by atoms with Crippen LogP contribution in [0, 0.1) is 12.8 Å². The summed E-state index contributed by atoms with van der Waals surface area (Å²) in [5.41, 5.74) is 2.04. The van der Waals surface area contributed by atoms with Crippen LogP contribution in [0.5, 0.6) is 5.75 Å². The molecule has 0 aromatic heterocycles. The van der Waals surface area contributed by atoms with E-state index in [1.54, 1.807) is 4.90 Å². The lowest BCUT2D eigenvalue weighted by atomic mass is 9.89. The number of para-hydroxylation sites is 1. The normalized spacial score (nSPS) is 19.1. The summed E-state index contributed by atoms with van der Waals surface area (Å²) in [6, 6.07) is 17.4. The van der Waals surface area contributed by atoms with Gasteiger partial charge in [0.1, 0.15) is 5.75 Å². The average molecular weight is 367 g/mol. The van der Waals surface area contributed by atoms with E-state index >= 15 is 0 Å². The van der Waals surface area contributed by atoms with E-state index in [0.717, 1.165) is 16.9 Å². The summed E-state index contributed by atoms with van der Waals surface area (Å²) in [5.74, 6) is -0.730. The zero-order chi connectivity index (χ0) is 19.2. The predicted molar refractivity (Wildman–Crippen MR) is 103 cm³/mol. The van der Waals surface area contributed by atoms with Crippen LogP contribution in [0.15, 0.2) is 54.6 Å². The number of aliphatic carboxylic acids is 1. The Morgan fingerprint density at radius 2 is 1.78 bits per heavy atom. The first kappa shape index (κ1) is 19.0. The van der Waals surface area contributed by atoms with Gasteiger partial charge in [-0.15, -0.1) is 0 Å². The van der Waals surface area contributed by atoms with Gasteiger partial charge in [0.05, 0.1) is 12.5 Å². The summed E-state index contributed by atoms with van der Waals surface area (Å²) in [7, 11) is 0. The quantitative estimate of drug-likeness (QED) is 0.761. The van der Waals surface area contributed by atoms with Gasteiger partial charge in [0, 0.05) is 25.4 Å². The van der Waals surface area contributed by atoms with Crippen molar-refractivity contribution in [2.45, 2.75) is 25.7 Å². The van der Waals surface area contributed by atoms with E-state index in [4.69, 9.17) is 4.74 Å². The van der Waals surface area contributed by atoms with Crippen LogP contribution in [-0.4, -0.2) is 41.6 Å². The van der Waals surface area contributed by atoms with Gasteiger partial charge >= 0.3 is 5.97 Å². The monoisotopic (exact) mass is 367 g/mol. The number of hydrogen-bond donors (Lipinski definition) is 1. The molecule has 5 nitrogen and oxygen atoms in total. The lowest BCUT2D eigenvalue weighted by Crippen LogP contribution is -2.30. The minimum absolute atomic E-state index is 0.00642. The Labute approximate surface area is 159 Å². The van der Waals surface area contributed by atoms with Crippen LogP contribution < -0.4 is 4.74 Å². The molecule has 1 N–H and O–H groups in total. The van der Waals surface area contributed by atoms with E-state index in [2.05, 4.69) is 0 Å². The fourth-order valence-corrected chi connectivity index (χ4v) is 3.58. The molecule has 5 heteroatoms. The predicted octanol–water partition coefficient (Wildman–Crippen LogP) is 3.48. The molecule has 0 unspecified atom stereocenters. The number of carboxylic acid groups (broad SMARTS) is 1. The first-order valence-electron chi connectivity index (χ1n) is 9.30. The minimum atomic E-state index is -0.845. The summed E-state index contributed by atoms with van der Waals surface area (Å²) in [6.45, 7) is 3.18. The first-order chi connectivity index (χ1) is 13.1. The lowest BCUT2D eigenvalue weighted by Gasteiger charge is -2.17. The van der Waals surface area contributed by atoms with Crippen molar-refractivity contribution in [3.63, 3.8) is 0 Å². The van der Waals surface area contributed by atoms with Crippen LogP contribution in [0.1, 0.15) is 29.9 Å². The molecule has 2 aromatic carbocycles. The maximum Gasteiger partial charge on any atom is 0.308 e. The van der Waals surface area contributed by atoms with Gasteiger partial charge in [-0.3, -0.25) is 9.59 Å². The molecular formula is C22H25NO4. The number of benzene rings is 2. The van der Waals surface area contributed by atoms with Crippen LogP contribution >= 0.6 is 0 Å². The maximum absolute atomic E-state index is 12.5. The average Bonchev–Trinajstić information content (AvgIpc) is 3.13. The molecule has 2 atom stereocenters. The molecule has 2 aromatic rings. The van der Waals surface area contributed by atoms with Gasteiger partial charge in [-0.25, -0.2) is 0 Å². The van der Waals surface area contributed by atoms with Crippen LogP contribution in [0.2, 0.25) is 0 Å². The second-order valence-electron chi connectivity index (χ2n) is 6.98. The van der Waals surface area contributed by atoms with Gasteiger partial charge < -0.3 is 14.7 Å². The van der Waals surface area contributed by atoms with Crippen molar-refractivity contribution in [2.24, 2.45) is 5.92 Å². The molecule has 1 fully saturated rings. The number of nitrogens with zero attached hydrogens (tertiary/aromatic N) is 1. The van der Waals surface area contributed by atoms with Crippen molar-refractivity contribution in [1.82, 2.24) is 4.90 Å². The molecule has 0 bridgehead atoms. The molecule has 0 spiro atoms. The molecule has 1 aliphatic heterocycles. The van der Waals surface area contributed by atoms with Crippen molar-refractivity contribution >= 4 is 11.9 Å². The summed E-state index contributed by atoms with van der Waals surface area (Å²) in [4.78, 5) is 25.9. The molecule has 0 saturated carbocycles. The van der Waals surface area contributed by atoms with Crippen molar-refractivity contribution in [2.75, 3.05) is 19.7 Å². The van der Waals surface area contributed by atoms with Crippen LogP contribution in [0.3, 0.4) is 0 Å².